The van der Waals surface area contributed by atoms with Crippen molar-refractivity contribution in [2.24, 2.45) is 5.10 Å². The van der Waals surface area contributed by atoms with Gasteiger partial charge in [0, 0.05) is 32.0 Å². The third kappa shape index (κ3) is 2.52. The molecule has 3 rings (SSSR count). The van der Waals surface area contributed by atoms with Crippen LogP contribution in [0.4, 0.5) is 5.69 Å². The summed E-state index contributed by atoms with van der Waals surface area (Å²) in [6, 6.07) is 3.67. The molecule has 2 aliphatic heterocycles. The van der Waals surface area contributed by atoms with Gasteiger partial charge in [-0.3, -0.25) is 14.6 Å². The topological polar surface area (TPSA) is 86.1 Å². The van der Waals surface area contributed by atoms with Crippen molar-refractivity contribution in [1.82, 2.24) is 9.99 Å². The lowest BCUT2D eigenvalue weighted by Gasteiger charge is -2.25. The molecule has 0 unspecified atom stereocenters. The number of fused-ring (bicyclic) bond motifs is 1. The minimum absolute atomic E-state index is 0.119. The molecule has 0 aromatic carbocycles. The number of carbonyl (C=O) groups excluding carboxylic acids is 2. The summed E-state index contributed by atoms with van der Waals surface area (Å²) < 4.78 is 0. The summed E-state index contributed by atoms with van der Waals surface area (Å²) in [6.07, 6.45) is 3.03. The molecule has 0 spiro atoms. The van der Waals surface area contributed by atoms with Gasteiger partial charge in [-0.2, -0.15) is 5.10 Å². The number of hydrogen-bond donors (Lipinski definition) is 1. The average Bonchev–Trinajstić information content (AvgIpc) is 2.93. The van der Waals surface area contributed by atoms with Gasteiger partial charge in [-0.05, 0) is 12.1 Å². The second-order valence-corrected chi connectivity index (χ2v) is 4.96. The average molecular weight is 288 g/mol. The lowest BCUT2D eigenvalue weighted by molar-refractivity contribution is -0.132. The van der Waals surface area contributed by atoms with Crippen LogP contribution in [0.1, 0.15) is 18.5 Å². The number of aliphatic hydroxyl groups is 1. The second kappa shape index (κ2) is 5.61. The molecule has 7 heteroatoms. The zero-order chi connectivity index (χ0) is 14.8. The van der Waals surface area contributed by atoms with E-state index in [9.17, 15) is 9.59 Å². The molecule has 2 amide bonds. The highest BCUT2D eigenvalue weighted by Gasteiger charge is 2.31. The largest absolute Gasteiger partial charge is 0.394 e. The van der Waals surface area contributed by atoms with E-state index < -0.39 is 0 Å². The van der Waals surface area contributed by atoms with Gasteiger partial charge in [-0.25, -0.2) is 5.01 Å². The molecule has 2 aliphatic rings. The number of rotatable bonds is 3. The minimum Gasteiger partial charge on any atom is -0.394 e. The molecule has 3 heterocycles. The van der Waals surface area contributed by atoms with Gasteiger partial charge in [0.25, 0.3) is 5.91 Å². The maximum absolute atomic E-state index is 12.6. The summed E-state index contributed by atoms with van der Waals surface area (Å²) in [6.45, 7) is 0.527. The van der Waals surface area contributed by atoms with Gasteiger partial charge in [-0.1, -0.05) is 0 Å². The Morgan fingerprint density at radius 2 is 2.19 bits per heavy atom. The van der Waals surface area contributed by atoms with E-state index >= 15 is 0 Å². The van der Waals surface area contributed by atoms with Crippen molar-refractivity contribution in [1.29, 1.82) is 0 Å². The summed E-state index contributed by atoms with van der Waals surface area (Å²) >= 11 is 0. The van der Waals surface area contributed by atoms with Crippen LogP contribution in [-0.4, -0.2) is 52.3 Å². The summed E-state index contributed by atoms with van der Waals surface area (Å²) in [7, 11) is 0. The SMILES string of the molecule is O=C1CCC(C(=O)N2CCc3ncccc32)=NN1CCO. The van der Waals surface area contributed by atoms with Gasteiger partial charge in [0.05, 0.1) is 24.5 Å². The lowest BCUT2D eigenvalue weighted by atomic mass is 10.1. The Balaban J connectivity index is 1.83. The number of aliphatic hydroxyl groups excluding tert-OH is 1. The highest BCUT2D eigenvalue weighted by Crippen LogP contribution is 2.26. The molecule has 110 valence electrons. The predicted molar refractivity (Wildman–Crippen MR) is 75.8 cm³/mol. The van der Waals surface area contributed by atoms with Crippen LogP contribution in [0.3, 0.4) is 0 Å². The van der Waals surface area contributed by atoms with Crippen LogP contribution in [0.15, 0.2) is 23.4 Å². The van der Waals surface area contributed by atoms with Gasteiger partial charge in [0.1, 0.15) is 5.71 Å². The van der Waals surface area contributed by atoms with Crippen LogP contribution in [-0.2, 0) is 16.0 Å². The zero-order valence-electron chi connectivity index (χ0n) is 11.5. The monoisotopic (exact) mass is 288 g/mol. The highest BCUT2D eigenvalue weighted by atomic mass is 16.3. The van der Waals surface area contributed by atoms with Crippen molar-refractivity contribution < 1.29 is 14.7 Å². The Labute approximate surface area is 121 Å². The molecule has 0 saturated heterocycles. The van der Waals surface area contributed by atoms with Crippen LogP contribution in [0.5, 0.6) is 0 Å². The number of aromatic nitrogens is 1. The van der Waals surface area contributed by atoms with Crippen molar-refractivity contribution in [3.05, 3.63) is 24.0 Å². The highest BCUT2D eigenvalue weighted by molar-refractivity contribution is 6.44. The van der Waals surface area contributed by atoms with Crippen molar-refractivity contribution in [3.8, 4) is 0 Å². The Kier molecular flexibility index (Phi) is 3.66. The molecule has 0 saturated carbocycles. The first kappa shape index (κ1) is 13.7. The van der Waals surface area contributed by atoms with Crippen molar-refractivity contribution in [3.63, 3.8) is 0 Å². The Morgan fingerprint density at radius 1 is 1.33 bits per heavy atom. The summed E-state index contributed by atoms with van der Waals surface area (Å²) in [5.74, 6) is -0.346. The third-order valence-corrected chi connectivity index (χ3v) is 3.64. The number of carbonyl (C=O) groups is 2. The van der Waals surface area contributed by atoms with E-state index in [0.717, 1.165) is 17.8 Å². The molecule has 0 fully saturated rings. The van der Waals surface area contributed by atoms with E-state index in [4.69, 9.17) is 5.11 Å². The van der Waals surface area contributed by atoms with Crippen LogP contribution in [0, 0.1) is 0 Å². The van der Waals surface area contributed by atoms with E-state index in [1.54, 1.807) is 17.2 Å². The van der Waals surface area contributed by atoms with Crippen LogP contribution < -0.4 is 4.90 Å². The summed E-state index contributed by atoms with van der Waals surface area (Å²) in [5, 5.41) is 14.2. The number of hydrazone groups is 1. The van der Waals surface area contributed by atoms with Crippen LogP contribution >= 0.6 is 0 Å². The minimum atomic E-state index is -0.183. The third-order valence-electron chi connectivity index (χ3n) is 3.64. The molecule has 1 aromatic rings. The number of β-amino-alcohol motifs (C(OH)–C–C–N with tert-alkyl or cyclic N) is 1. The summed E-state index contributed by atoms with van der Waals surface area (Å²) in [5.41, 5.74) is 2.08. The molecule has 1 aromatic heterocycles. The number of anilines is 1. The fraction of sp³-hybridized carbons (Fsp3) is 0.429. The maximum Gasteiger partial charge on any atom is 0.274 e. The zero-order valence-corrected chi connectivity index (χ0v) is 11.5. The fourth-order valence-electron chi connectivity index (χ4n) is 2.60. The summed E-state index contributed by atoms with van der Waals surface area (Å²) in [4.78, 5) is 30.2. The fourth-order valence-corrected chi connectivity index (χ4v) is 2.60. The first-order chi connectivity index (χ1) is 10.2. The Hall–Kier alpha value is -2.28. The normalized spacial score (nSPS) is 17.8. The van der Waals surface area contributed by atoms with Crippen molar-refractivity contribution in [2.45, 2.75) is 19.3 Å². The van der Waals surface area contributed by atoms with Gasteiger partial charge in [-0.15, -0.1) is 0 Å². The predicted octanol–water partition coefficient (Wildman–Crippen LogP) is -0.0586. The molecule has 0 atom stereocenters. The number of nitrogens with zero attached hydrogens (tertiary/aromatic N) is 4. The molecular weight excluding hydrogens is 272 g/mol. The smallest absolute Gasteiger partial charge is 0.274 e. The van der Waals surface area contributed by atoms with E-state index in [-0.39, 0.29) is 31.4 Å². The van der Waals surface area contributed by atoms with Gasteiger partial charge < -0.3 is 10.0 Å². The van der Waals surface area contributed by atoms with Gasteiger partial charge in [0.2, 0.25) is 5.91 Å². The van der Waals surface area contributed by atoms with E-state index in [0.29, 0.717) is 18.7 Å². The molecule has 0 aliphatic carbocycles. The first-order valence-corrected chi connectivity index (χ1v) is 6.95. The number of hydrogen-bond acceptors (Lipinski definition) is 5. The second-order valence-electron chi connectivity index (χ2n) is 4.96. The number of pyridine rings is 1. The van der Waals surface area contributed by atoms with Gasteiger partial charge in [0.15, 0.2) is 0 Å². The van der Waals surface area contributed by atoms with E-state index in [1.807, 2.05) is 6.07 Å². The van der Waals surface area contributed by atoms with E-state index in [2.05, 4.69) is 10.1 Å². The van der Waals surface area contributed by atoms with E-state index in [1.165, 1.54) is 5.01 Å². The molecule has 7 nitrogen and oxygen atoms in total. The maximum atomic E-state index is 12.6. The molecular formula is C14H16N4O3. The number of amides is 2. The standard InChI is InChI=1S/C14H16N4O3/c19-9-8-18-13(20)4-3-11(16-18)14(21)17-7-5-10-12(17)2-1-6-15-10/h1-2,6,19H,3-5,7-9H2. The Bertz CT molecular complexity index is 614. The lowest BCUT2D eigenvalue weighted by Crippen LogP contribution is -2.41. The van der Waals surface area contributed by atoms with Crippen LogP contribution in [0.25, 0.3) is 0 Å². The van der Waals surface area contributed by atoms with Crippen molar-refractivity contribution >= 4 is 23.2 Å². The van der Waals surface area contributed by atoms with Gasteiger partial charge >= 0.3 is 0 Å². The quantitative estimate of drug-likeness (QED) is 0.844. The molecule has 21 heavy (non-hydrogen) atoms. The molecule has 0 radical (unpaired) electrons. The Morgan fingerprint density at radius 3 is 3.00 bits per heavy atom. The van der Waals surface area contributed by atoms with Crippen LogP contribution in [0.2, 0.25) is 0 Å². The molecule has 0 bridgehead atoms. The first-order valence-electron chi connectivity index (χ1n) is 6.95. The van der Waals surface area contributed by atoms with Crippen molar-refractivity contribution in [2.75, 3.05) is 24.6 Å². The molecule has 1 N–H and O–H groups in total.